The fourth-order valence-electron chi connectivity index (χ4n) is 3.00. The lowest BCUT2D eigenvalue weighted by Gasteiger charge is -2.15. The highest BCUT2D eigenvalue weighted by Gasteiger charge is 2.10. The molecule has 0 fully saturated rings. The fourth-order valence-corrected chi connectivity index (χ4v) is 3.00. The number of fused-ring (bicyclic) bond motifs is 1. The number of carbonyl (C=O) groups excluding carboxylic acids is 1. The first-order valence-electron chi connectivity index (χ1n) is 9.88. The molecular weight excluding hydrogens is 352 g/mol. The number of aryl methyl sites for hydroxylation is 2. The second-order valence-corrected chi connectivity index (χ2v) is 6.84. The van der Waals surface area contributed by atoms with E-state index in [0.717, 1.165) is 53.8 Å². The summed E-state index contributed by atoms with van der Waals surface area (Å²) in [6.07, 6.45) is 3.65. The first kappa shape index (κ1) is 19.7. The van der Waals surface area contributed by atoms with Gasteiger partial charge >= 0.3 is 6.03 Å². The van der Waals surface area contributed by atoms with Crippen LogP contribution in [0.5, 0.6) is 5.75 Å². The average molecular weight is 380 g/mol. The zero-order valence-corrected chi connectivity index (χ0v) is 16.5. The molecule has 148 valence electrons. The number of rotatable bonds is 9. The number of nitrogens with one attached hydrogen (secondary N) is 3. The predicted molar refractivity (Wildman–Crippen MR) is 113 cm³/mol. The van der Waals surface area contributed by atoms with Crippen molar-refractivity contribution in [1.82, 2.24) is 15.3 Å². The van der Waals surface area contributed by atoms with Crippen molar-refractivity contribution >= 4 is 22.8 Å². The van der Waals surface area contributed by atoms with Crippen LogP contribution < -0.4 is 15.4 Å². The minimum Gasteiger partial charge on any atom is -0.491 e. The molecule has 28 heavy (non-hydrogen) atoms. The summed E-state index contributed by atoms with van der Waals surface area (Å²) < 4.78 is 5.96. The second-order valence-electron chi connectivity index (χ2n) is 6.84. The lowest BCUT2D eigenvalue weighted by atomic mass is 10.2. The monoisotopic (exact) mass is 380 g/mol. The summed E-state index contributed by atoms with van der Waals surface area (Å²) in [6.45, 7) is 5.27. The number of hydrogen-bond donors (Lipinski definition) is 3. The molecule has 3 aromatic rings. The van der Waals surface area contributed by atoms with Gasteiger partial charge in [-0.2, -0.15) is 0 Å². The predicted octanol–water partition coefficient (Wildman–Crippen LogP) is 4.80. The maximum atomic E-state index is 12.1. The zero-order valence-electron chi connectivity index (χ0n) is 16.5. The fraction of sp³-hybridized carbons (Fsp3) is 0.364. The van der Waals surface area contributed by atoms with Crippen molar-refractivity contribution in [3.8, 4) is 5.75 Å². The van der Waals surface area contributed by atoms with Crippen LogP contribution in [-0.2, 0) is 6.42 Å². The number of benzene rings is 2. The van der Waals surface area contributed by atoms with E-state index in [9.17, 15) is 4.79 Å². The SMILES string of the molecule is CCCCNC(=O)Nc1c(C)cccc1OCCCc1nc2ccccc2[nH]1. The van der Waals surface area contributed by atoms with Crippen LogP contribution in [0.25, 0.3) is 11.0 Å². The van der Waals surface area contributed by atoms with Crippen LogP contribution in [0.1, 0.15) is 37.6 Å². The number of imidazole rings is 1. The summed E-state index contributed by atoms with van der Waals surface area (Å²) in [7, 11) is 0. The third kappa shape index (κ3) is 5.25. The molecule has 0 unspecified atom stereocenters. The second kappa shape index (κ2) is 9.78. The molecule has 2 amide bonds. The minimum atomic E-state index is -0.199. The number of ether oxygens (including phenoxy) is 1. The number of unbranched alkanes of at least 4 members (excludes halogenated alkanes) is 1. The maximum absolute atomic E-state index is 12.1. The van der Waals surface area contributed by atoms with Gasteiger partial charge in [0.05, 0.1) is 23.3 Å². The lowest BCUT2D eigenvalue weighted by molar-refractivity contribution is 0.251. The van der Waals surface area contributed by atoms with Crippen molar-refractivity contribution in [2.45, 2.75) is 39.5 Å². The summed E-state index contributed by atoms with van der Waals surface area (Å²) in [4.78, 5) is 20.0. The number of urea groups is 1. The highest BCUT2D eigenvalue weighted by molar-refractivity contribution is 5.91. The van der Waals surface area contributed by atoms with Crippen LogP contribution in [0.2, 0.25) is 0 Å². The highest BCUT2D eigenvalue weighted by Crippen LogP contribution is 2.28. The Hall–Kier alpha value is -3.02. The van der Waals surface area contributed by atoms with Crippen LogP contribution in [-0.4, -0.2) is 29.2 Å². The molecule has 1 aromatic heterocycles. The number of amides is 2. The molecule has 0 aliphatic heterocycles. The van der Waals surface area contributed by atoms with Crippen molar-refractivity contribution in [2.75, 3.05) is 18.5 Å². The molecule has 0 bridgehead atoms. The van der Waals surface area contributed by atoms with Crippen molar-refractivity contribution < 1.29 is 9.53 Å². The minimum absolute atomic E-state index is 0.199. The highest BCUT2D eigenvalue weighted by atomic mass is 16.5. The molecule has 1 heterocycles. The molecule has 0 spiro atoms. The Bertz CT molecular complexity index is 887. The molecule has 0 saturated heterocycles. The summed E-state index contributed by atoms with van der Waals surface area (Å²) in [5.74, 6) is 1.65. The van der Waals surface area contributed by atoms with E-state index >= 15 is 0 Å². The maximum Gasteiger partial charge on any atom is 0.319 e. The van der Waals surface area contributed by atoms with E-state index in [0.29, 0.717) is 18.9 Å². The number of carbonyl (C=O) groups is 1. The van der Waals surface area contributed by atoms with Gasteiger partial charge in [-0.15, -0.1) is 0 Å². The van der Waals surface area contributed by atoms with Gasteiger partial charge in [-0.1, -0.05) is 37.6 Å². The summed E-state index contributed by atoms with van der Waals surface area (Å²) in [6, 6.07) is 13.6. The van der Waals surface area contributed by atoms with Gasteiger partial charge in [0, 0.05) is 13.0 Å². The molecule has 2 aromatic carbocycles. The van der Waals surface area contributed by atoms with Gasteiger partial charge in [-0.3, -0.25) is 0 Å². The lowest BCUT2D eigenvalue weighted by Crippen LogP contribution is -2.30. The number of H-pyrrole nitrogens is 1. The van der Waals surface area contributed by atoms with E-state index < -0.39 is 0 Å². The van der Waals surface area contributed by atoms with E-state index in [-0.39, 0.29) is 6.03 Å². The Labute approximate surface area is 165 Å². The van der Waals surface area contributed by atoms with E-state index in [4.69, 9.17) is 4.74 Å². The van der Waals surface area contributed by atoms with Crippen molar-refractivity contribution in [3.05, 3.63) is 53.9 Å². The van der Waals surface area contributed by atoms with E-state index in [1.165, 1.54) is 0 Å². The Morgan fingerprint density at radius 1 is 1.14 bits per heavy atom. The van der Waals surface area contributed by atoms with Crippen LogP contribution in [0.3, 0.4) is 0 Å². The zero-order chi connectivity index (χ0) is 19.8. The molecule has 0 radical (unpaired) electrons. The van der Waals surface area contributed by atoms with Crippen LogP contribution in [0, 0.1) is 6.92 Å². The quantitative estimate of drug-likeness (QED) is 0.466. The van der Waals surface area contributed by atoms with E-state index in [1.54, 1.807) is 0 Å². The van der Waals surface area contributed by atoms with Gasteiger partial charge in [0.15, 0.2) is 0 Å². The van der Waals surface area contributed by atoms with Gasteiger partial charge in [0.2, 0.25) is 0 Å². The number of anilines is 1. The average Bonchev–Trinajstić information content (AvgIpc) is 3.10. The Morgan fingerprint density at radius 3 is 2.82 bits per heavy atom. The molecule has 3 N–H and O–H groups in total. The number of hydrogen-bond acceptors (Lipinski definition) is 3. The van der Waals surface area contributed by atoms with Gasteiger partial charge in [0.1, 0.15) is 11.6 Å². The first-order chi connectivity index (χ1) is 13.7. The van der Waals surface area contributed by atoms with Crippen LogP contribution in [0.4, 0.5) is 10.5 Å². The molecule has 0 saturated carbocycles. The smallest absolute Gasteiger partial charge is 0.319 e. The Morgan fingerprint density at radius 2 is 2.00 bits per heavy atom. The van der Waals surface area contributed by atoms with Crippen molar-refractivity contribution in [3.63, 3.8) is 0 Å². The number of aromatic amines is 1. The van der Waals surface area contributed by atoms with Crippen LogP contribution in [0.15, 0.2) is 42.5 Å². The third-order valence-electron chi connectivity index (χ3n) is 4.54. The molecule has 6 nitrogen and oxygen atoms in total. The third-order valence-corrected chi connectivity index (χ3v) is 4.54. The molecule has 0 aliphatic carbocycles. The largest absolute Gasteiger partial charge is 0.491 e. The van der Waals surface area contributed by atoms with Gasteiger partial charge in [-0.05, 0) is 43.5 Å². The van der Waals surface area contributed by atoms with Crippen molar-refractivity contribution in [1.29, 1.82) is 0 Å². The molecule has 0 atom stereocenters. The van der Waals surface area contributed by atoms with E-state index in [1.807, 2.05) is 49.4 Å². The topological polar surface area (TPSA) is 79.0 Å². The molecule has 3 rings (SSSR count). The Kier molecular flexibility index (Phi) is 6.89. The van der Waals surface area contributed by atoms with Gasteiger partial charge in [-0.25, -0.2) is 9.78 Å². The normalized spacial score (nSPS) is 10.8. The summed E-state index contributed by atoms with van der Waals surface area (Å²) in [5.41, 5.74) is 3.73. The van der Waals surface area contributed by atoms with E-state index in [2.05, 4.69) is 27.5 Å². The number of nitrogens with zero attached hydrogens (tertiary/aromatic N) is 1. The van der Waals surface area contributed by atoms with Gasteiger partial charge < -0.3 is 20.4 Å². The van der Waals surface area contributed by atoms with Crippen LogP contribution >= 0.6 is 0 Å². The number of para-hydroxylation sites is 3. The summed E-state index contributed by atoms with van der Waals surface area (Å²) >= 11 is 0. The summed E-state index contributed by atoms with van der Waals surface area (Å²) in [5, 5.41) is 5.79. The van der Waals surface area contributed by atoms with Gasteiger partial charge in [0.25, 0.3) is 0 Å². The standard InChI is InChI=1S/C22H28N4O2/c1-3-4-14-23-22(27)26-21-16(2)9-7-12-19(21)28-15-8-13-20-24-17-10-5-6-11-18(17)25-20/h5-7,9-12H,3-4,8,13-15H2,1-2H3,(H,24,25)(H2,23,26,27). The Balaban J connectivity index is 1.53. The molecular formula is C22H28N4O2. The first-order valence-corrected chi connectivity index (χ1v) is 9.88. The number of aromatic nitrogens is 2. The van der Waals surface area contributed by atoms with Crippen molar-refractivity contribution in [2.24, 2.45) is 0 Å². The molecule has 0 aliphatic rings. The molecule has 6 heteroatoms.